The minimum atomic E-state index is -0.241. The lowest BCUT2D eigenvalue weighted by Gasteiger charge is -2.32. The number of piperidine rings is 1. The maximum absolute atomic E-state index is 13.2. The van der Waals surface area contributed by atoms with Gasteiger partial charge in [-0.15, -0.1) is 0 Å². The third-order valence-electron chi connectivity index (χ3n) is 6.11. The maximum atomic E-state index is 13.2. The van der Waals surface area contributed by atoms with E-state index in [1.807, 2.05) is 71.0 Å². The second-order valence-electron chi connectivity index (χ2n) is 8.46. The Balaban J connectivity index is 1.42. The van der Waals surface area contributed by atoms with Crippen LogP contribution in [-0.4, -0.2) is 52.6 Å². The number of para-hydroxylation sites is 2. The highest BCUT2D eigenvalue weighted by molar-refractivity contribution is 5.93. The number of amides is 2. The van der Waals surface area contributed by atoms with Gasteiger partial charge in [-0.2, -0.15) is 0 Å². The number of hydrogen-bond acceptors (Lipinski definition) is 4. The van der Waals surface area contributed by atoms with Crippen LogP contribution >= 0.6 is 0 Å². The summed E-state index contributed by atoms with van der Waals surface area (Å²) in [5, 5.41) is 3.05. The highest BCUT2D eigenvalue weighted by Gasteiger charge is 2.29. The Kier molecular flexibility index (Phi) is 7.73. The van der Waals surface area contributed by atoms with Crippen molar-refractivity contribution in [3.05, 3.63) is 60.2 Å². The highest BCUT2D eigenvalue weighted by atomic mass is 16.5. The summed E-state index contributed by atoms with van der Waals surface area (Å²) in [6.45, 7) is 5.19. The zero-order chi connectivity index (χ0) is 23.0. The van der Waals surface area contributed by atoms with Crippen LogP contribution in [0.25, 0.3) is 11.0 Å². The lowest BCUT2D eigenvalue weighted by atomic mass is 9.96. The Morgan fingerprint density at radius 2 is 1.91 bits per heavy atom. The molecule has 1 saturated heterocycles. The summed E-state index contributed by atoms with van der Waals surface area (Å²) in [7, 11) is 0. The van der Waals surface area contributed by atoms with E-state index in [9.17, 15) is 9.59 Å². The van der Waals surface area contributed by atoms with Crippen LogP contribution < -0.4 is 5.32 Å². The summed E-state index contributed by atoms with van der Waals surface area (Å²) in [4.78, 5) is 32.5. The zero-order valence-corrected chi connectivity index (χ0v) is 19.2. The van der Waals surface area contributed by atoms with Gasteiger partial charge in [0.05, 0.1) is 23.4 Å². The summed E-state index contributed by atoms with van der Waals surface area (Å²) in [5.74, 6) is 0.316. The minimum Gasteiger partial charge on any atom is -0.382 e. The first-order valence-corrected chi connectivity index (χ1v) is 11.8. The summed E-state index contributed by atoms with van der Waals surface area (Å²) in [6, 6.07) is 17.6. The molecule has 1 unspecified atom stereocenters. The van der Waals surface area contributed by atoms with Crippen molar-refractivity contribution in [3.8, 4) is 0 Å². The van der Waals surface area contributed by atoms with Crippen LogP contribution in [0.1, 0.15) is 31.7 Å². The molecule has 33 heavy (non-hydrogen) atoms. The predicted molar refractivity (Wildman–Crippen MR) is 129 cm³/mol. The molecule has 0 saturated carbocycles. The number of imidazole rings is 1. The van der Waals surface area contributed by atoms with E-state index in [0.29, 0.717) is 45.2 Å². The number of aromatic nitrogens is 2. The number of nitrogens with zero attached hydrogens (tertiary/aromatic N) is 3. The Morgan fingerprint density at radius 1 is 1.12 bits per heavy atom. The smallest absolute Gasteiger partial charge is 0.231 e. The van der Waals surface area contributed by atoms with Gasteiger partial charge in [0.25, 0.3) is 0 Å². The third-order valence-corrected chi connectivity index (χ3v) is 6.11. The van der Waals surface area contributed by atoms with Crippen LogP contribution in [0.3, 0.4) is 0 Å². The van der Waals surface area contributed by atoms with Crippen molar-refractivity contribution in [1.82, 2.24) is 14.5 Å². The van der Waals surface area contributed by atoms with E-state index in [1.165, 1.54) is 0 Å². The van der Waals surface area contributed by atoms with Gasteiger partial charge < -0.3 is 14.2 Å². The molecule has 0 radical (unpaired) electrons. The number of fused-ring (bicyclic) bond motifs is 1. The molecule has 3 aromatic rings. The number of anilines is 1. The van der Waals surface area contributed by atoms with Gasteiger partial charge in [-0.3, -0.25) is 14.9 Å². The SMILES string of the molecule is CCOCCCn1c(NC(=O)C2CCCN(C(=O)Cc3ccccc3)C2)nc2ccccc21. The largest absolute Gasteiger partial charge is 0.382 e. The summed E-state index contributed by atoms with van der Waals surface area (Å²) in [6.07, 6.45) is 2.79. The summed E-state index contributed by atoms with van der Waals surface area (Å²) in [5.41, 5.74) is 2.84. The average molecular weight is 449 g/mol. The number of carbonyl (C=O) groups is 2. The van der Waals surface area contributed by atoms with Crippen molar-refractivity contribution in [2.45, 2.75) is 39.2 Å². The van der Waals surface area contributed by atoms with Crippen molar-refractivity contribution < 1.29 is 14.3 Å². The first-order valence-electron chi connectivity index (χ1n) is 11.8. The second-order valence-corrected chi connectivity index (χ2v) is 8.46. The van der Waals surface area contributed by atoms with Gasteiger partial charge in [0.1, 0.15) is 0 Å². The average Bonchev–Trinajstić information content (AvgIpc) is 3.19. The number of ether oxygens (including phenoxy) is 1. The van der Waals surface area contributed by atoms with Crippen molar-refractivity contribution in [1.29, 1.82) is 0 Å². The molecule has 1 aliphatic heterocycles. The van der Waals surface area contributed by atoms with E-state index in [0.717, 1.165) is 35.9 Å². The molecule has 4 rings (SSSR count). The molecule has 7 nitrogen and oxygen atoms in total. The van der Waals surface area contributed by atoms with Gasteiger partial charge in [-0.1, -0.05) is 42.5 Å². The van der Waals surface area contributed by atoms with E-state index in [4.69, 9.17) is 4.74 Å². The molecule has 1 aliphatic rings. The fourth-order valence-corrected chi connectivity index (χ4v) is 4.38. The topological polar surface area (TPSA) is 76.5 Å². The standard InChI is InChI=1S/C26H32N4O3/c1-2-33-17-9-16-30-23-14-7-6-13-22(23)27-26(30)28-25(32)21-12-8-15-29(19-21)24(31)18-20-10-4-3-5-11-20/h3-7,10-11,13-14,21H,2,8-9,12,15-19H2,1H3,(H,27,28,32). The van der Waals surface area contributed by atoms with Crippen LogP contribution in [0.15, 0.2) is 54.6 Å². The first-order chi connectivity index (χ1) is 16.2. The number of carbonyl (C=O) groups excluding carboxylic acids is 2. The molecule has 0 aliphatic carbocycles. The Bertz CT molecular complexity index is 1080. The molecule has 0 bridgehead atoms. The van der Waals surface area contributed by atoms with Crippen LogP contribution in [0.4, 0.5) is 5.95 Å². The molecule has 1 fully saturated rings. The second kappa shape index (κ2) is 11.1. The minimum absolute atomic E-state index is 0.0712. The van der Waals surface area contributed by atoms with E-state index in [-0.39, 0.29) is 17.7 Å². The molecular weight excluding hydrogens is 416 g/mol. The van der Waals surface area contributed by atoms with Gasteiger partial charge >= 0.3 is 0 Å². The van der Waals surface area contributed by atoms with Crippen LogP contribution in [0.2, 0.25) is 0 Å². The Labute approximate surface area is 194 Å². The monoisotopic (exact) mass is 448 g/mol. The third kappa shape index (κ3) is 5.79. The molecule has 174 valence electrons. The lowest BCUT2D eigenvalue weighted by Crippen LogP contribution is -2.44. The maximum Gasteiger partial charge on any atom is 0.231 e. The summed E-state index contributed by atoms with van der Waals surface area (Å²) >= 11 is 0. The molecule has 1 aromatic heterocycles. The van der Waals surface area contributed by atoms with E-state index < -0.39 is 0 Å². The molecule has 1 atom stereocenters. The first kappa shape index (κ1) is 23.0. The van der Waals surface area contributed by atoms with Crippen molar-refractivity contribution in [2.24, 2.45) is 5.92 Å². The molecule has 0 spiro atoms. The van der Waals surface area contributed by atoms with Gasteiger partial charge in [-0.05, 0) is 43.9 Å². The Hall–Kier alpha value is -3.19. The molecule has 2 amide bonds. The van der Waals surface area contributed by atoms with Gasteiger partial charge in [0, 0.05) is 32.8 Å². The van der Waals surface area contributed by atoms with Crippen molar-refractivity contribution >= 4 is 28.8 Å². The van der Waals surface area contributed by atoms with Crippen LogP contribution in [-0.2, 0) is 27.3 Å². The van der Waals surface area contributed by atoms with Crippen molar-refractivity contribution in [3.63, 3.8) is 0 Å². The molecule has 2 aromatic carbocycles. The number of benzene rings is 2. The van der Waals surface area contributed by atoms with E-state index in [1.54, 1.807) is 0 Å². The van der Waals surface area contributed by atoms with Crippen LogP contribution in [0.5, 0.6) is 0 Å². The van der Waals surface area contributed by atoms with Gasteiger partial charge in [-0.25, -0.2) is 4.98 Å². The molecule has 7 heteroatoms. The number of hydrogen-bond donors (Lipinski definition) is 1. The van der Waals surface area contributed by atoms with Crippen LogP contribution in [0, 0.1) is 5.92 Å². The highest BCUT2D eigenvalue weighted by Crippen LogP contribution is 2.23. The Morgan fingerprint density at radius 3 is 2.73 bits per heavy atom. The zero-order valence-electron chi connectivity index (χ0n) is 19.2. The van der Waals surface area contributed by atoms with Gasteiger partial charge in [0.2, 0.25) is 17.8 Å². The number of likely N-dealkylation sites (tertiary alicyclic amines) is 1. The van der Waals surface area contributed by atoms with Gasteiger partial charge in [0.15, 0.2) is 0 Å². The molecular formula is C26H32N4O3. The fourth-order valence-electron chi connectivity index (χ4n) is 4.38. The molecule has 1 N–H and O–H groups in total. The normalized spacial score (nSPS) is 16.2. The number of rotatable bonds is 9. The number of aryl methyl sites for hydroxylation is 1. The molecule has 2 heterocycles. The van der Waals surface area contributed by atoms with E-state index >= 15 is 0 Å². The quantitative estimate of drug-likeness (QED) is 0.504. The predicted octanol–water partition coefficient (Wildman–Crippen LogP) is 3.88. The lowest BCUT2D eigenvalue weighted by molar-refractivity contribution is -0.133. The number of nitrogens with one attached hydrogen (secondary N) is 1. The van der Waals surface area contributed by atoms with E-state index in [2.05, 4.69) is 10.3 Å². The summed E-state index contributed by atoms with van der Waals surface area (Å²) < 4.78 is 7.53. The van der Waals surface area contributed by atoms with Crippen molar-refractivity contribution in [2.75, 3.05) is 31.6 Å². The fraction of sp³-hybridized carbons (Fsp3) is 0.423.